The number of furan rings is 1. The van der Waals surface area contributed by atoms with Crippen LogP contribution in [-0.2, 0) is 9.47 Å². The summed E-state index contributed by atoms with van der Waals surface area (Å²) < 4.78 is 15.1. The molecule has 1 heterocycles. The molecule has 88 valence electrons. The minimum absolute atomic E-state index is 0.161. The van der Waals surface area contributed by atoms with Crippen molar-refractivity contribution >= 4 is 0 Å². The Morgan fingerprint density at radius 2 is 2.29 bits per heavy atom. The average Bonchev–Trinajstić information content (AvgIpc) is 2.88. The van der Waals surface area contributed by atoms with Crippen LogP contribution in [0.4, 0.5) is 0 Å². The van der Waals surface area contributed by atoms with Gasteiger partial charge in [0.15, 0.2) is 0 Å². The van der Waals surface area contributed by atoms with Gasteiger partial charge in [0.2, 0.25) is 0 Å². The fourth-order valence-corrected chi connectivity index (χ4v) is 1.42. The van der Waals surface area contributed by atoms with Crippen LogP contribution in [0.1, 0.15) is 11.7 Å². The Morgan fingerprint density at radius 1 is 1.59 bits per heavy atom. The molecule has 0 unspecified atom stereocenters. The van der Waals surface area contributed by atoms with Gasteiger partial charge in [-0.15, -0.1) is 6.58 Å². The number of nitriles is 2. The van der Waals surface area contributed by atoms with E-state index >= 15 is 0 Å². The zero-order valence-electron chi connectivity index (χ0n) is 9.42. The van der Waals surface area contributed by atoms with Crippen LogP contribution in [0.25, 0.3) is 0 Å². The Morgan fingerprint density at radius 3 is 2.71 bits per heavy atom. The molecule has 5 nitrogen and oxygen atoms in total. The summed E-state index contributed by atoms with van der Waals surface area (Å²) in [7, 11) is 1.41. The van der Waals surface area contributed by atoms with Crippen molar-refractivity contribution in [1.82, 2.24) is 0 Å². The number of nitrogens with zero attached hydrogens (tertiary/aromatic N) is 2. The van der Waals surface area contributed by atoms with E-state index in [0.29, 0.717) is 5.76 Å². The molecule has 1 rings (SSSR count). The lowest BCUT2D eigenvalue weighted by atomic mass is 9.87. The molecule has 0 saturated heterocycles. The van der Waals surface area contributed by atoms with E-state index in [1.807, 2.05) is 12.1 Å². The lowest BCUT2D eigenvalue weighted by Crippen LogP contribution is -2.36. The maximum absolute atomic E-state index is 9.16. The zero-order valence-corrected chi connectivity index (χ0v) is 9.42. The molecule has 1 aromatic rings. The van der Waals surface area contributed by atoms with Crippen molar-refractivity contribution in [2.45, 2.75) is 11.5 Å². The zero-order chi connectivity index (χ0) is 12.7. The van der Waals surface area contributed by atoms with Gasteiger partial charge in [-0.2, -0.15) is 10.5 Å². The van der Waals surface area contributed by atoms with E-state index < -0.39 is 11.5 Å². The van der Waals surface area contributed by atoms with Crippen molar-refractivity contribution in [2.24, 2.45) is 0 Å². The number of methoxy groups -OCH3 is 1. The molecular weight excluding hydrogens is 220 g/mol. The number of hydrogen-bond acceptors (Lipinski definition) is 5. The Hall–Kier alpha value is -2.08. The maximum Gasteiger partial charge on any atom is 0.256 e. The molecule has 1 atom stereocenters. The van der Waals surface area contributed by atoms with Crippen molar-refractivity contribution in [3.8, 4) is 12.1 Å². The molecule has 5 heteroatoms. The summed E-state index contributed by atoms with van der Waals surface area (Å²) in [4.78, 5) is 0. The minimum Gasteiger partial charge on any atom is -0.469 e. The second-order valence-corrected chi connectivity index (χ2v) is 3.24. The summed E-state index contributed by atoms with van der Waals surface area (Å²) >= 11 is 0. The predicted molar refractivity (Wildman–Crippen MR) is 58.6 cm³/mol. The van der Waals surface area contributed by atoms with Gasteiger partial charge in [-0.3, -0.25) is 0 Å². The van der Waals surface area contributed by atoms with Crippen LogP contribution in [0.5, 0.6) is 0 Å². The summed E-state index contributed by atoms with van der Waals surface area (Å²) in [6, 6.07) is 7.02. The monoisotopic (exact) mass is 232 g/mol. The third kappa shape index (κ3) is 2.54. The van der Waals surface area contributed by atoms with Crippen LogP contribution >= 0.6 is 0 Å². The van der Waals surface area contributed by atoms with Gasteiger partial charge in [0.05, 0.1) is 12.2 Å². The van der Waals surface area contributed by atoms with Crippen molar-refractivity contribution in [1.29, 1.82) is 10.5 Å². The van der Waals surface area contributed by atoms with Crippen LogP contribution in [0.2, 0.25) is 0 Å². The highest BCUT2D eigenvalue weighted by atomic mass is 16.7. The summed E-state index contributed by atoms with van der Waals surface area (Å²) in [5.74, 6) is -0.234. The number of rotatable bonds is 6. The highest BCUT2D eigenvalue weighted by Gasteiger charge is 2.42. The van der Waals surface area contributed by atoms with Gasteiger partial charge < -0.3 is 13.9 Å². The van der Waals surface area contributed by atoms with Crippen molar-refractivity contribution in [3.63, 3.8) is 0 Å². The quantitative estimate of drug-likeness (QED) is 0.553. The summed E-state index contributed by atoms with van der Waals surface area (Å²) in [5, 5.41) is 18.3. The SMILES string of the molecule is C=C[C@H](c1ccco1)C(C#N)(C#N)OCOC. The summed E-state index contributed by atoms with van der Waals surface area (Å²) in [5.41, 5.74) is -1.70. The van der Waals surface area contributed by atoms with Crippen molar-refractivity contribution < 1.29 is 13.9 Å². The Bertz CT molecular complexity index is 425. The Labute approximate surface area is 99.5 Å². The molecule has 0 amide bonds. The summed E-state index contributed by atoms with van der Waals surface area (Å²) in [6.45, 7) is 3.44. The van der Waals surface area contributed by atoms with E-state index in [1.54, 1.807) is 12.1 Å². The second-order valence-electron chi connectivity index (χ2n) is 3.24. The molecule has 0 N–H and O–H groups in total. The molecule has 0 radical (unpaired) electrons. The second kappa shape index (κ2) is 5.86. The van der Waals surface area contributed by atoms with E-state index in [1.165, 1.54) is 19.4 Å². The molecule has 1 aromatic heterocycles. The van der Waals surface area contributed by atoms with Gasteiger partial charge in [0.25, 0.3) is 5.60 Å². The first-order chi connectivity index (χ1) is 8.24. The standard InChI is InChI=1S/C12H12N2O3/c1-3-10(11-5-4-6-16-11)12(7-13,8-14)17-9-15-2/h3-6,10H,1,9H2,2H3/t10-/m1/s1. The van der Waals surface area contributed by atoms with E-state index in [0.717, 1.165) is 0 Å². The average molecular weight is 232 g/mol. The van der Waals surface area contributed by atoms with Crippen molar-refractivity contribution in [2.75, 3.05) is 13.9 Å². The first-order valence-corrected chi connectivity index (χ1v) is 4.85. The van der Waals surface area contributed by atoms with Crippen LogP contribution in [-0.4, -0.2) is 19.5 Å². The first-order valence-electron chi connectivity index (χ1n) is 4.85. The molecule has 17 heavy (non-hydrogen) atoms. The number of hydrogen-bond donors (Lipinski definition) is 0. The molecule has 0 aliphatic rings. The van der Waals surface area contributed by atoms with Crippen molar-refractivity contribution in [3.05, 3.63) is 36.8 Å². The lowest BCUT2D eigenvalue weighted by molar-refractivity contribution is -0.0871. The smallest absolute Gasteiger partial charge is 0.256 e. The third-order valence-electron chi connectivity index (χ3n) is 2.26. The largest absolute Gasteiger partial charge is 0.469 e. The molecule has 0 aromatic carbocycles. The maximum atomic E-state index is 9.16. The van der Waals surface area contributed by atoms with Gasteiger partial charge >= 0.3 is 0 Å². The van der Waals surface area contributed by atoms with Crippen LogP contribution in [0.15, 0.2) is 35.5 Å². The first kappa shape index (κ1) is 13.0. The van der Waals surface area contributed by atoms with E-state index in [-0.39, 0.29) is 6.79 Å². The fourth-order valence-electron chi connectivity index (χ4n) is 1.42. The van der Waals surface area contributed by atoms with Gasteiger partial charge in [0.1, 0.15) is 24.7 Å². The Balaban J connectivity index is 3.09. The minimum atomic E-state index is -1.70. The van der Waals surface area contributed by atoms with Gasteiger partial charge in [-0.1, -0.05) is 6.08 Å². The number of ether oxygens (including phenoxy) is 2. The predicted octanol–water partition coefficient (Wildman–Crippen LogP) is 1.96. The van der Waals surface area contributed by atoms with Crippen LogP contribution < -0.4 is 0 Å². The van der Waals surface area contributed by atoms with Gasteiger partial charge in [0, 0.05) is 7.11 Å². The normalized spacial score (nSPS) is 12.4. The Kier molecular flexibility index (Phi) is 4.47. The van der Waals surface area contributed by atoms with Crippen LogP contribution in [0, 0.1) is 22.7 Å². The molecule has 0 spiro atoms. The van der Waals surface area contributed by atoms with Crippen LogP contribution in [0.3, 0.4) is 0 Å². The fraction of sp³-hybridized carbons (Fsp3) is 0.333. The van der Waals surface area contributed by atoms with E-state index in [2.05, 4.69) is 6.58 Å². The summed E-state index contributed by atoms with van der Waals surface area (Å²) in [6.07, 6.45) is 2.91. The van der Waals surface area contributed by atoms with E-state index in [9.17, 15) is 0 Å². The molecule has 0 saturated carbocycles. The molecular formula is C12H12N2O3. The highest BCUT2D eigenvalue weighted by molar-refractivity contribution is 5.32. The highest BCUT2D eigenvalue weighted by Crippen LogP contribution is 2.32. The third-order valence-corrected chi connectivity index (χ3v) is 2.26. The molecule has 0 bridgehead atoms. The molecule has 0 fully saturated rings. The molecule has 0 aliphatic carbocycles. The topological polar surface area (TPSA) is 79.2 Å². The lowest BCUT2D eigenvalue weighted by Gasteiger charge is -2.24. The van der Waals surface area contributed by atoms with Gasteiger partial charge in [-0.25, -0.2) is 0 Å². The van der Waals surface area contributed by atoms with E-state index in [4.69, 9.17) is 24.4 Å². The molecule has 0 aliphatic heterocycles. The van der Waals surface area contributed by atoms with Gasteiger partial charge in [-0.05, 0) is 12.1 Å².